The molecule has 1 saturated heterocycles. The molecule has 1 aromatic carbocycles. The second-order valence-corrected chi connectivity index (χ2v) is 7.91. The molecule has 8 heteroatoms. The quantitative estimate of drug-likeness (QED) is 0.814. The summed E-state index contributed by atoms with van der Waals surface area (Å²) in [6, 6.07) is 2.41. The summed E-state index contributed by atoms with van der Waals surface area (Å²) in [6.45, 7) is 6.47. The van der Waals surface area contributed by atoms with Crippen LogP contribution in [-0.2, 0) is 10.0 Å². The second kappa shape index (κ2) is 6.20. The summed E-state index contributed by atoms with van der Waals surface area (Å²) in [5.41, 5.74) is 5.33. The molecule has 1 aliphatic rings. The van der Waals surface area contributed by atoms with E-state index in [1.54, 1.807) is 0 Å². The molecule has 118 valence electrons. The van der Waals surface area contributed by atoms with E-state index in [1.807, 2.05) is 6.92 Å². The summed E-state index contributed by atoms with van der Waals surface area (Å²) in [5.74, 6) is -0.634. The molecule has 21 heavy (non-hydrogen) atoms. The summed E-state index contributed by atoms with van der Waals surface area (Å²) in [4.78, 5) is 2.23. The van der Waals surface area contributed by atoms with Crippen molar-refractivity contribution >= 4 is 31.6 Å². The van der Waals surface area contributed by atoms with Gasteiger partial charge >= 0.3 is 0 Å². The van der Waals surface area contributed by atoms with E-state index < -0.39 is 15.8 Å². The zero-order valence-corrected chi connectivity index (χ0v) is 14.4. The standard InChI is InChI=1S/C13H19BrFN3O2S/c1-3-17-4-5-18(8-9(17)2)21(19,20)13-7-12(16)11(15)6-10(13)14/h6-7,9H,3-5,8,16H2,1-2H3. The van der Waals surface area contributed by atoms with Gasteiger partial charge in [0.2, 0.25) is 10.0 Å². The molecule has 0 saturated carbocycles. The summed E-state index contributed by atoms with van der Waals surface area (Å²) in [7, 11) is -3.68. The zero-order chi connectivity index (χ0) is 15.8. The van der Waals surface area contributed by atoms with E-state index in [2.05, 4.69) is 27.8 Å². The van der Waals surface area contributed by atoms with E-state index in [4.69, 9.17) is 5.73 Å². The fourth-order valence-corrected chi connectivity index (χ4v) is 5.05. The van der Waals surface area contributed by atoms with Crippen molar-refractivity contribution in [3.8, 4) is 0 Å². The Morgan fingerprint density at radius 1 is 1.43 bits per heavy atom. The molecule has 0 radical (unpaired) electrons. The van der Waals surface area contributed by atoms with Gasteiger partial charge in [-0.2, -0.15) is 4.31 Å². The predicted octanol–water partition coefficient (Wildman–Crippen LogP) is 1.89. The third kappa shape index (κ3) is 3.23. The summed E-state index contributed by atoms with van der Waals surface area (Å²) < 4.78 is 40.4. The zero-order valence-electron chi connectivity index (χ0n) is 12.0. The Balaban J connectivity index is 2.33. The Bertz CT molecular complexity index is 639. The average Bonchev–Trinajstić information content (AvgIpc) is 2.42. The van der Waals surface area contributed by atoms with Crippen LogP contribution in [0.4, 0.5) is 10.1 Å². The number of likely N-dealkylation sites (N-methyl/N-ethyl adjacent to an activating group) is 1. The number of piperazine rings is 1. The Labute approximate surface area is 133 Å². The van der Waals surface area contributed by atoms with Crippen LogP contribution < -0.4 is 5.73 Å². The van der Waals surface area contributed by atoms with Crippen LogP contribution in [0.3, 0.4) is 0 Å². The number of hydrogen-bond acceptors (Lipinski definition) is 4. The molecular weight excluding hydrogens is 361 g/mol. The van der Waals surface area contributed by atoms with Crippen LogP contribution in [0.1, 0.15) is 13.8 Å². The molecule has 0 bridgehead atoms. The second-order valence-electron chi connectivity index (χ2n) is 5.14. The molecule has 2 rings (SSSR count). The first kappa shape index (κ1) is 16.7. The van der Waals surface area contributed by atoms with E-state index in [1.165, 1.54) is 10.4 Å². The normalized spacial score (nSPS) is 21.6. The van der Waals surface area contributed by atoms with E-state index in [-0.39, 0.29) is 21.1 Å². The van der Waals surface area contributed by atoms with Crippen LogP contribution in [0.25, 0.3) is 0 Å². The van der Waals surface area contributed by atoms with Crippen molar-refractivity contribution in [1.29, 1.82) is 0 Å². The number of halogens is 2. The van der Waals surface area contributed by atoms with Gasteiger partial charge in [0.15, 0.2) is 0 Å². The van der Waals surface area contributed by atoms with Crippen LogP contribution in [-0.4, -0.2) is 49.8 Å². The van der Waals surface area contributed by atoms with E-state index in [0.717, 1.165) is 12.6 Å². The molecule has 5 nitrogen and oxygen atoms in total. The minimum absolute atomic E-state index is 0.0125. The summed E-state index contributed by atoms with van der Waals surface area (Å²) in [5, 5.41) is 0. The Kier molecular flexibility index (Phi) is 4.92. The highest BCUT2D eigenvalue weighted by atomic mass is 79.9. The highest BCUT2D eigenvalue weighted by Gasteiger charge is 2.33. The number of nitrogens with zero attached hydrogens (tertiary/aromatic N) is 2. The maximum Gasteiger partial charge on any atom is 0.244 e. The number of anilines is 1. The molecule has 1 atom stereocenters. The van der Waals surface area contributed by atoms with Crippen molar-refractivity contribution < 1.29 is 12.8 Å². The summed E-state index contributed by atoms with van der Waals surface area (Å²) >= 11 is 3.11. The number of sulfonamides is 1. The lowest BCUT2D eigenvalue weighted by Gasteiger charge is -2.38. The third-order valence-corrected chi connectivity index (χ3v) is 6.63. The lowest BCUT2D eigenvalue weighted by atomic mass is 10.2. The fraction of sp³-hybridized carbons (Fsp3) is 0.538. The van der Waals surface area contributed by atoms with Gasteiger partial charge in [-0.25, -0.2) is 12.8 Å². The van der Waals surface area contributed by atoms with Crippen LogP contribution in [0, 0.1) is 5.82 Å². The molecule has 1 aromatic rings. The van der Waals surface area contributed by atoms with E-state index in [0.29, 0.717) is 19.6 Å². The molecule has 2 N–H and O–H groups in total. The topological polar surface area (TPSA) is 66.6 Å². The van der Waals surface area contributed by atoms with Crippen molar-refractivity contribution in [2.75, 3.05) is 31.9 Å². The van der Waals surface area contributed by atoms with Crippen molar-refractivity contribution in [3.63, 3.8) is 0 Å². The minimum atomic E-state index is -3.68. The van der Waals surface area contributed by atoms with Gasteiger partial charge < -0.3 is 5.73 Å². The van der Waals surface area contributed by atoms with Crippen molar-refractivity contribution in [2.24, 2.45) is 0 Å². The Morgan fingerprint density at radius 2 is 2.10 bits per heavy atom. The maximum atomic E-state index is 13.4. The largest absolute Gasteiger partial charge is 0.396 e. The van der Waals surface area contributed by atoms with Gasteiger partial charge in [-0.1, -0.05) is 6.92 Å². The molecule has 0 spiro atoms. The van der Waals surface area contributed by atoms with Gasteiger partial charge in [0.25, 0.3) is 0 Å². The molecular formula is C13H19BrFN3O2S. The first-order chi connectivity index (χ1) is 9.77. The molecule has 0 aliphatic carbocycles. The number of hydrogen-bond donors (Lipinski definition) is 1. The Hall–Kier alpha value is -0.700. The highest BCUT2D eigenvalue weighted by Crippen LogP contribution is 2.30. The van der Waals surface area contributed by atoms with Crippen LogP contribution in [0.2, 0.25) is 0 Å². The van der Waals surface area contributed by atoms with Gasteiger partial charge in [0.1, 0.15) is 5.82 Å². The smallest absolute Gasteiger partial charge is 0.244 e. The van der Waals surface area contributed by atoms with Crippen LogP contribution >= 0.6 is 15.9 Å². The van der Waals surface area contributed by atoms with E-state index in [9.17, 15) is 12.8 Å². The fourth-order valence-electron chi connectivity index (χ4n) is 2.53. The number of benzene rings is 1. The van der Waals surface area contributed by atoms with Crippen molar-refractivity contribution in [2.45, 2.75) is 24.8 Å². The lowest BCUT2D eigenvalue weighted by molar-refractivity contribution is 0.135. The minimum Gasteiger partial charge on any atom is -0.396 e. The predicted molar refractivity (Wildman–Crippen MR) is 84.0 cm³/mol. The SMILES string of the molecule is CCN1CCN(S(=O)(=O)c2cc(N)c(F)cc2Br)CC1C. The highest BCUT2D eigenvalue weighted by molar-refractivity contribution is 9.10. The monoisotopic (exact) mass is 379 g/mol. The third-order valence-electron chi connectivity index (χ3n) is 3.80. The maximum absolute atomic E-state index is 13.4. The van der Waals surface area contributed by atoms with Gasteiger partial charge in [0.05, 0.1) is 10.6 Å². The van der Waals surface area contributed by atoms with Gasteiger partial charge in [0, 0.05) is 30.1 Å². The number of nitrogens with two attached hydrogens (primary N) is 1. The van der Waals surface area contributed by atoms with Gasteiger partial charge in [-0.3, -0.25) is 4.90 Å². The van der Waals surface area contributed by atoms with Crippen molar-refractivity contribution in [3.05, 3.63) is 22.4 Å². The Morgan fingerprint density at radius 3 is 2.67 bits per heavy atom. The lowest BCUT2D eigenvalue weighted by Crippen LogP contribution is -2.53. The summed E-state index contributed by atoms with van der Waals surface area (Å²) in [6.07, 6.45) is 0. The van der Waals surface area contributed by atoms with Gasteiger partial charge in [-0.05, 0) is 41.5 Å². The van der Waals surface area contributed by atoms with E-state index >= 15 is 0 Å². The van der Waals surface area contributed by atoms with Gasteiger partial charge in [-0.15, -0.1) is 0 Å². The first-order valence-electron chi connectivity index (χ1n) is 6.76. The van der Waals surface area contributed by atoms with Crippen LogP contribution in [0.5, 0.6) is 0 Å². The first-order valence-corrected chi connectivity index (χ1v) is 8.99. The number of rotatable bonds is 3. The molecule has 0 aromatic heterocycles. The molecule has 1 fully saturated rings. The molecule has 1 aliphatic heterocycles. The van der Waals surface area contributed by atoms with Crippen molar-refractivity contribution in [1.82, 2.24) is 9.21 Å². The molecule has 0 amide bonds. The average molecular weight is 380 g/mol. The van der Waals surface area contributed by atoms with Crippen LogP contribution in [0.15, 0.2) is 21.5 Å². The molecule has 1 unspecified atom stereocenters. The molecule has 1 heterocycles. The number of nitrogen functional groups attached to an aromatic ring is 1.